The van der Waals surface area contributed by atoms with Gasteiger partial charge in [-0.25, -0.2) is 0 Å². The summed E-state index contributed by atoms with van der Waals surface area (Å²) in [5.41, 5.74) is 1.50. The fraction of sp³-hybridized carbons (Fsp3) is 0.429. The van der Waals surface area contributed by atoms with Crippen LogP contribution < -0.4 is 0 Å². The summed E-state index contributed by atoms with van der Waals surface area (Å²) >= 11 is 0. The number of pyridine rings is 1. The van der Waals surface area contributed by atoms with Crippen LogP contribution in [0.3, 0.4) is 0 Å². The summed E-state index contributed by atoms with van der Waals surface area (Å²) < 4.78 is 10.6. The Morgan fingerprint density at radius 3 is 2.95 bits per heavy atom. The van der Waals surface area contributed by atoms with Crippen molar-refractivity contribution in [3.8, 4) is 0 Å². The van der Waals surface area contributed by atoms with Crippen LogP contribution in [-0.2, 0) is 4.74 Å². The first-order valence-corrected chi connectivity index (χ1v) is 6.76. The Hall–Kier alpha value is -2.28. The normalized spacial score (nSPS) is 18.8. The Kier molecular flexibility index (Phi) is 3.66. The zero-order valence-electron chi connectivity index (χ0n) is 11.9. The molecule has 7 nitrogen and oxygen atoms in total. The predicted octanol–water partition coefficient (Wildman–Crippen LogP) is 1.30. The maximum atomic E-state index is 12.7. The van der Waals surface area contributed by atoms with Crippen molar-refractivity contribution in [1.82, 2.24) is 20.0 Å². The number of amides is 1. The minimum absolute atomic E-state index is 0.102. The molecule has 7 heteroatoms. The Morgan fingerprint density at radius 1 is 1.38 bits per heavy atom. The molecule has 1 aliphatic heterocycles. The van der Waals surface area contributed by atoms with E-state index in [9.17, 15) is 4.79 Å². The molecule has 0 unspecified atom stereocenters. The van der Waals surface area contributed by atoms with Gasteiger partial charge < -0.3 is 14.2 Å². The molecule has 3 heterocycles. The van der Waals surface area contributed by atoms with Gasteiger partial charge in [0.1, 0.15) is 6.04 Å². The second kappa shape index (κ2) is 5.61. The van der Waals surface area contributed by atoms with E-state index >= 15 is 0 Å². The smallest absolute Gasteiger partial charge is 0.256 e. The van der Waals surface area contributed by atoms with Crippen LogP contribution in [0.2, 0.25) is 0 Å². The van der Waals surface area contributed by atoms with E-state index in [0.717, 1.165) is 5.56 Å². The average molecular weight is 288 g/mol. The van der Waals surface area contributed by atoms with Crippen LogP contribution in [0.5, 0.6) is 0 Å². The van der Waals surface area contributed by atoms with E-state index in [1.165, 1.54) is 0 Å². The molecule has 0 aromatic carbocycles. The average Bonchev–Trinajstić information content (AvgIpc) is 2.93. The van der Waals surface area contributed by atoms with Crippen LogP contribution in [0.4, 0.5) is 0 Å². The fourth-order valence-electron chi connectivity index (χ4n) is 2.34. The number of rotatable bonds is 2. The summed E-state index contributed by atoms with van der Waals surface area (Å²) in [7, 11) is 0. The Labute approximate surface area is 121 Å². The summed E-state index contributed by atoms with van der Waals surface area (Å²) in [6.45, 7) is 4.98. The van der Waals surface area contributed by atoms with Crippen molar-refractivity contribution in [1.29, 1.82) is 0 Å². The van der Waals surface area contributed by atoms with Crippen molar-refractivity contribution in [3.63, 3.8) is 0 Å². The predicted molar refractivity (Wildman–Crippen MR) is 72.6 cm³/mol. The van der Waals surface area contributed by atoms with Gasteiger partial charge in [-0.3, -0.25) is 9.78 Å². The highest BCUT2D eigenvalue weighted by Crippen LogP contribution is 2.24. The second-order valence-corrected chi connectivity index (χ2v) is 5.02. The molecule has 1 aliphatic rings. The standard InChI is InChI=1S/C14H16N4O3/c1-9-5-11(7-15-6-9)14(19)18-3-4-20-8-12(18)13-16-10(2)17-21-13/h5-7,12H,3-4,8H2,1-2H3/t12-/m1/s1. The molecule has 0 aliphatic carbocycles. The minimum atomic E-state index is -0.354. The summed E-state index contributed by atoms with van der Waals surface area (Å²) in [6, 6.07) is 1.47. The van der Waals surface area contributed by atoms with Crippen molar-refractivity contribution in [2.24, 2.45) is 0 Å². The molecule has 0 saturated carbocycles. The van der Waals surface area contributed by atoms with Gasteiger partial charge in [0, 0.05) is 18.9 Å². The van der Waals surface area contributed by atoms with Crippen molar-refractivity contribution in [2.45, 2.75) is 19.9 Å². The van der Waals surface area contributed by atoms with Crippen LogP contribution in [0.25, 0.3) is 0 Å². The lowest BCUT2D eigenvalue weighted by molar-refractivity contribution is -0.0119. The highest BCUT2D eigenvalue weighted by molar-refractivity contribution is 5.94. The topological polar surface area (TPSA) is 81.4 Å². The molecular weight excluding hydrogens is 272 g/mol. The van der Waals surface area contributed by atoms with E-state index in [0.29, 0.717) is 37.0 Å². The molecule has 1 atom stereocenters. The molecule has 0 bridgehead atoms. The fourth-order valence-corrected chi connectivity index (χ4v) is 2.34. The molecule has 0 radical (unpaired) electrons. The van der Waals surface area contributed by atoms with Crippen LogP contribution in [0, 0.1) is 13.8 Å². The van der Waals surface area contributed by atoms with Gasteiger partial charge in [0.25, 0.3) is 11.8 Å². The lowest BCUT2D eigenvalue weighted by Gasteiger charge is -2.33. The summed E-state index contributed by atoms with van der Waals surface area (Å²) in [5, 5.41) is 3.78. The van der Waals surface area contributed by atoms with Gasteiger partial charge >= 0.3 is 0 Å². The number of hydrogen-bond donors (Lipinski definition) is 0. The van der Waals surface area contributed by atoms with Crippen LogP contribution in [0.15, 0.2) is 23.0 Å². The first-order valence-electron chi connectivity index (χ1n) is 6.76. The number of aryl methyl sites for hydroxylation is 2. The highest BCUT2D eigenvalue weighted by Gasteiger charge is 2.33. The molecule has 1 fully saturated rings. The van der Waals surface area contributed by atoms with Crippen molar-refractivity contribution < 1.29 is 14.1 Å². The first-order chi connectivity index (χ1) is 10.1. The summed E-state index contributed by atoms with van der Waals surface area (Å²) in [4.78, 5) is 22.7. The number of morpholine rings is 1. The maximum Gasteiger partial charge on any atom is 0.256 e. The van der Waals surface area contributed by atoms with E-state index in [2.05, 4.69) is 15.1 Å². The lowest BCUT2D eigenvalue weighted by atomic mass is 10.1. The third-order valence-electron chi connectivity index (χ3n) is 3.34. The summed E-state index contributed by atoms with van der Waals surface area (Å²) in [6.07, 6.45) is 3.29. The third-order valence-corrected chi connectivity index (χ3v) is 3.34. The SMILES string of the molecule is Cc1cncc(C(=O)N2CCOC[C@@H]2c2nc(C)no2)c1. The van der Waals surface area contributed by atoms with E-state index in [1.54, 1.807) is 24.2 Å². The zero-order valence-corrected chi connectivity index (χ0v) is 11.9. The van der Waals surface area contributed by atoms with Gasteiger partial charge in [0.15, 0.2) is 5.82 Å². The molecule has 2 aromatic heterocycles. The Morgan fingerprint density at radius 2 is 2.24 bits per heavy atom. The van der Waals surface area contributed by atoms with Gasteiger partial charge in [-0.05, 0) is 25.5 Å². The molecule has 3 rings (SSSR count). The first kappa shape index (κ1) is 13.7. The number of carbonyl (C=O) groups excluding carboxylic acids is 1. The quantitative estimate of drug-likeness (QED) is 0.828. The van der Waals surface area contributed by atoms with Crippen molar-refractivity contribution in [3.05, 3.63) is 41.3 Å². The van der Waals surface area contributed by atoms with Gasteiger partial charge in [-0.1, -0.05) is 5.16 Å². The van der Waals surface area contributed by atoms with Crippen molar-refractivity contribution in [2.75, 3.05) is 19.8 Å². The van der Waals surface area contributed by atoms with E-state index in [4.69, 9.17) is 9.26 Å². The monoisotopic (exact) mass is 288 g/mol. The van der Waals surface area contributed by atoms with Gasteiger partial charge in [0.2, 0.25) is 0 Å². The highest BCUT2D eigenvalue weighted by atomic mass is 16.5. The largest absolute Gasteiger partial charge is 0.377 e. The number of hydrogen-bond acceptors (Lipinski definition) is 6. The van der Waals surface area contributed by atoms with E-state index in [1.807, 2.05) is 13.0 Å². The minimum Gasteiger partial charge on any atom is -0.377 e. The molecule has 2 aromatic rings. The Bertz CT molecular complexity index is 655. The third kappa shape index (κ3) is 2.78. The molecule has 1 saturated heterocycles. The maximum absolute atomic E-state index is 12.7. The second-order valence-electron chi connectivity index (χ2n) is 5.02. The van der Waals surface area contributed by atoms with E-state index in [-0.39, 0.29) is 11.9 Å². The van der Waals surface area contributed by atoms with Crippen LogP contribution >= 0.6 is 0 Å². The Balaban J connectivity index is 1.89. The number of nitrogens with zero attached hydrogens (tertiary/aromatic N) is 4. The zero-order chi connectivity index (χ0) is 14.8. The number of carbonyl (C=O) groups is 1. The molecule has 0 spiro atoms. The van der Waals surface area contributed by atoms with Gasteiger partial charge in [0.05, 0.1) is 18.8 Å². The lowest BCUT2D eigenvalue weighted by Crippen LogP contribution is -2.43. The van der Waals surface area contributed by atoms with Crippen molar-refractivity contribution >= 4 is 5.91 Å². The number of ether oxygens (including phenoxy) is 1. The van der Waals surface area contributed by atoms with Gasteiger partial charge in [-0.2, -0.15) is 4.98 Å². The molecule has 110 valence electrons. The van der Waals surface area contributed by atoms with Gasteiger partial charge in [-0.15, -0.1) is 0 Å². The molecular formula is C14H16N4O3. The molecule has 21 heavy (non-hydrogen) atoms. The molecule has 1 amide bonds. The number of aromatic nitrogens is 3. The van der Waals surface area contributed by atoms with Crippen LogP contribution in [0.1, 0.15) is 33.7 Å². The van der Waals surface area contributed by atoms with E-state index < -0.39 is 0 Å². The molecule has 0 N–H and O–H groups in total. The van der Waals surface area contributed by atoms with Crippen LogP contribution in [-0.4, -0.2) is 45.7 Å². The summed E-state index contributed by atoms with van der Waals surface area (Å²) in [5.74, 6) is 0.844.